The fraction of sp³-hybridized carbons (Fsp3) is 0.0682. The van der Waals surface area contributed by atoms with Crippen molar-refractivity contribution < 1.29 is 27.6 Å². The first-order valence-electron chi connectivity index (χ1n) is 16.7. The number of benzene rings is 4. The van der Waals surface area contributed by atoms with Crippen molar-refractivity contribution in [3.05, 3.63) is 221 Å². The first-order valence-corrected chi connectivity index (χ1v) is 22.0. The molecule has 1 unspecified atom stereocenters. The Hall–Kier alpha value is -4.16. The summed E-state index contributed by atoms with van der Waals surface area (Å²) in [4.78, 5) is 0. The molecular formula is C44H35ClO4Se2. The van der Waals surface area contributed by atoms with E-state index in [4.69, 9.17) is 3.37 Å². The number of hydrogen-bond acceptors (Lipinski definition) is 4. The topological polar surface area (TPSA) is 78.4 Å². The number of allylic oxidation sites excluding steroid dienone is 13. The minimum absolute atomic E-state index is 0.202. The summed E-state index contributed by atoms with van der Waals surface area (Å²) >= 11 is -2.52. The molecule has 3 aliphatic rings. The van der Waals surface area contributed by atoms with E-state index < -0.39 is 24.0 Å². The molecule has 4 aromatic carbocycles. The molecule has 2 aliphatic heterocycles. The molecule has 2 heterocycles. The first kappa shape index (κ1) is 35.3. The molecule has 0 aromatic heterocycles. The number of halogens is 1. The zero-order valence-electron chi connectivity index (χ0n) is 27.7. The fourth-order valence-electron chi connectivity index (χ4n) is 6.05. The van der Waals surface area contributed by atoms with Crippen molar-refractivity contribution in [3.8, 4) is 0 Å². The van der Waals surface area contributed by atoms with Crippen molar-refractivity contribution in [1.29, 1.82) is 0 Å². The molecule has 0 bridgehead atoms. The summed E-state index contributed by atoms with van der Waals surface area (Å²) in [6, 6.07) is 40.4. The summed E-state index contributed by atoms with van der Waals surface area (Å²) in [5.41, 5.74) is 8.83. The Balaban J connectivity index is 1.21. The van der Waals surface area contributed by atoms with Crippen molar-refractivity contribution in [2.24, 2.45) is 0 Å². The van der Waals surface area contributed by atoms with E-state index in [1.807, 2.05) is 72.8 Å². The van der Waals surface area contributed by atoms with Crippen molar-refractivity contribution in [2.75, 3.05) is 0 Å². The predicted octanol–water partition coefficient (Wildman–Crippen LogP) is 6.58. The van der Waals surface area contributed by atoms with Crippen LogP contribution in [-0.2, 0) is 3.37 Å². The van der Waals surface area contributed by atoms with Crippen LogP contribution in [0.25, 0.3) is 13.4 Å². The number of hydrogen-bond donors (Lipinski definition) is 0. The summed E-state index contributed by atoms with van der Waals surface area (Å²) in [5.74, 6) is 0. The van der Waals surface area contributed by atoms with Crippen molar-refractivity contribution in [3.63, 3.8) is 0 Å². The van der Waals surface area contributed by atoms with Gasteiger partial charge in [0.1, 0.15) is 0 Å². The summed E-state index contributed by atoms with van der Waals surface area (Å²) in [7, 11) is -4.62. The molecule has 0 N–H and O–H groups in total. The Morgan fingerprint density at radius 1 is 0.569 bits per heavy atom. The summed E-state index contributed by atoms with van der Waals surface area (Å²) in [5, 5.41) is 0. The minimum atomic E-state index is -4.62. The van der Waals surface area contributed by atoms with E-state index in [9.17, 15) is 14.0 Å². The maximum absolute atomic E-state index is 11.9. The van der Waals surface area contributed by atoms with E-state index in [0.717, 1.165) is 44.9 Å². The van der Waals surface area contributed by atoms with Crippen molar-refractivity contribution >= 4 is 46.6 Å². The molecule has 0 amide bonds. The van der Waals surface area contributed by atoms with Gasteiger partial charge in [-0.3, -0.25) is 0 Å². The molecule has 254 valence electrons. The Labute approximate surface area is 312 Å². The molecule has 7 heteroatoms. The third-order valence-electron chi connectivity index (χ3n) is 8.47. The Morgan fingerprint density at radius 3 is 1.69 bits per heavy atom. The van der Waals surface area contributed by atoms with Crippen LogP contribution in [0.3, 0.4) is 0 Å². The summed E-state index contributed by atoms with van der Waals surface area (Å²) < 4.78 is 45.3. The Kier molecular flexibility index (Phi) is 11.4. The van der Waals surface area contributed by atoms with Crippen LogP contribution in [-0.4, -0.2) is 33.2 Å². The molecule has 4 nitrogen and oxygen atoms in total. The Bertz CT molecular complexity index is 2110. The van der Waals surface area contributed by atoms with Gasteiger partial charge in [-0.15, -0.1) is 0 Å². The van der Waals surface area contributed by atoms with E-state index in [-0.39, 0.29) is 15.0 Å². The van der Waals surface area contributed by atoms with Crippen LogP contribution in [0.2, 0.25) is 0 Å². The van der Waals surface area contributed by atoms with Gasteiger partial charge in [-0.1, -0.05) is 0 Å². The van der Waals surface area contributed by atoms with Crippen LogP contribution in [0.5, 0.6) is 0 Å². The van der Waals surface area contributed by atoms with Gasteiger partial charge in [0, 0.05) is 0 Å². The molecule has 1 atom stereocenters. The molecule has 51 heavy (non-hydrogen) atoms. The van der Waals surface area contributed by atoms with Gasteiger partial charge in [-0.05, 0) is 0 Å². The second-order valence-corrected chi connectivity index (χ2v) is 19.0. The number of rotatable bonds is 9. The van der Waals surface area contributed by atoms with Crippen LogP contribution in [0, 0.1) is 10.2 Å². The second kappa shape index (κ2) is 16.5. The molecule has 1 aliphatic carbocycles. The third-order valence-corrected chi connectivity index (χ3v) is 16.1. The quantitative estimate of drug-likeness (QED) is 0.179. The van der Waals surface area contributed by atoms with Gasteiger partial charge >= 0.3 is 314 Å². The average Bonchev–Trinajstić information content (AvgIpc) is 3.17. The summed E-state index contributed by atoms with van der Waals surface area (Å²) in [6.07, 6.45) is 22.6. The normalized spacial score (nSPS) is 18.9. The molecule has 0 spiro atoms. The standard InChI is InChI=1S/C44H35ClO4Se2/c46-45(47,48)49-51-43(39-20-9-3-10-21-39)31-36(32-44(51)40-22-11-4-12-23-40)27-25-34-15-13-14-33(28-34)24-26-35-29-41(37-16-5-1-6-17-37)50-42(30-35)38-18-7-2-8-19-38/h1-12,16-32H,13-15H2/b27-25+,33-24+. The molecule has 7 rings (SSSR count). The first-order chi connectivity index (χ1) is 24.9. The predicted molar refractivity (Wildman–Crippen MR) is 202 cm³/mol. The Morgan fingerprint density at radius 2 is 1.12 bits per heavy atom. The van der Waals surface area contributed by atoms with Crippen molar-refractivity contribution in [2.45, 2.75) is 19.3 Å². The molecule has 0 radical (unpaired) electrons. The molecule has 0 saturated heterocycles. The van der Waals surface area contributed by atoms with Gasteiger partial charge in [0.05, 0.1) is 0 Å². The van der Waals surface area contributed by atoms with Gasteiger partial charge in [-0.25, -0.2) is 0 Å². The van der Waals surface area contributed by atoms with Gasteiger partial charge in [-0.2, -0.15) is 0 Å². The van der Waals surface area contributed by atoms with E-state index >= 15 is 0 Å². The zero-order chi connectivity index (χ0) is 35.0. The second-order valence-electron chi connectivity index (χ2n) is 12.1. The van der Waals surface area contributed by atoms with Crippen LogP contribution in [0.4, 0.5) is 0 Å². The van der Waals surface area contributed by atoms with Gasteiger partial charge in [0.15, 0.2) is 0 Å². The van der Waals surface area contributed by atoms with E-state index in [2.05, 4.69) is 103 Å². The van der Waals surface area contributed by atoms with Gasteiger partial charge in [0.25, 0.3) is 0 Å². The fourth-order valence-corrected chi connectivity index (χ4v) is 13.5. The van der Waals surface area contributed by atoms with Crippen molar-refractivity contribution in [1.82, 2.24) is 0 Å². The van der Waals surface area contributed by atoms with Crippen LogP contribution in [0.15, 0.2) is 198 Å². The van der Waals surface area contributed by atoms with E-state index in [1.54, 1.807) is 0 Å². The molecule has 0 fully saturated rings. The summed E-state index contributed by atoms with van der Waals surface area (Å²) in [6.45, 7) is 0. The van der Waals surface area contributed by atoms with Gasteiger partial charge in [0.2, 0.25) is 0 Å². The van der Waals surface area contributed by atoms with Crippen LogP contribution < -0.4 is 14.0 Å². The maximum atomic E-state index is 11.9. The van der Waals surface area contributed by atoms with E-state index in [0.29, 0.717) is 0 Å². The van der Waals surface area contributed by atoms with Gasteiger partial charge < -0.3 is 0 Å². The monoisotopic (exact) mass is 822 g/mol. The zero-order valence-corrected chi connectivity index (χ0v) is 31.9. The SMILES string of the molecule is [O-][Cl+3]([O-])([O-])O[Se]1=C(c2ccccc2)C=C(/C=C/C2=CC(=C/C=C3C=C(c4ccccc4)[Se]C(c4ccccc4)=C3)/CCC2)C=C1c1ccccc1. The van der Waals surface area contributed by atoms with Crippen LogP contribution >= 0.6 is 0 Å². The van der Waals surface area contributed by atoms with E-state index in [1.165, 1.54) is 36.8 Å². The third kappa shape index (κ3) is 9.39. The van der Waals surface area contributed by atoms with Crippen LogP contribution in [0.1, 0.15) is 41.5 Å². The molecule has 0 saturated carbocycles. The molecular weight excluding hydrogens is 786 g/mol. The molecule has 4 aromatic rings. The average molecular weight is 821 g/mol.